The smallest absolute Gasteiger partial charge is 1.00 e. The minimum atomic E-state index is -0.264. The summed E-state index contributed by atoms with van der Waals surface area (Å²) in [5, 5.41) is 18.6. The fraction of sp³-hybridized carbons (Fsp3) is 0.308. The van der Waals surface area contributed by atoms with Gasteiger partial charge >= 0.3 is 93.2 Å². The molecule has 0 saturated heterocycles. The third-order valence-electron chi connectivity index (χ3n) is 13.8. The molecule has 2 N–H and O–H groups in total. The predicted octanol–water partition coefficient (Wildman–Crippen LogP) is -0.956. The Kier molecular flexibility index (Phi) is 37.6. The molecule has 0 heterocycles. The van der Waals surface area contributed by atoms with Crippen LogP contribution < -0.4 is 149 Å². The maximum absolute atomic E-state index is 13.1. The zero-order valence-corrected chi connectivity index (χ0v) is 68.3. The molecular formula is C78H92Cl3FI3NaO8. The van der Waals surface area contributed by atoms with Crippen LogP contribution in [0.2, 0.25) is 0 Å². The quantitative estimate of drug-likeness (QED) is 0.0647. The monoisotopic (exact) mass is 1680 g/mol. The molecule has 2 atom stereocenters. The van der Waals surface area contributed by atoms with Crippen molar-refractivity contribution in [3.63, 3.8) is 0 Å². The van der Waals surface area contributed by atoms with Crippen molar-refractivity contribution < 1.29 is 175 Å². The molecule has 2 unspecified atom stereocenters. The summed E-state index contributed by atoms with van der Waals surface area (Å²) in [5.41, 5.74) is 9.09. The van der Waals surface area contributed by atoms with Crippen molar-refractivity contribution in [1.29, 1.82) is 0 Å². The van der Waals surface area contributed by atoms with Crippen molar-refractivity contribution in [1.82, 2.24) is 0 Å². The first-order chi connectivity index (χ1) is 42.5. The Hall–Kier alpha value is -4.31. The van der Waals surface area contributed by atoms with Gasteiger partial charge in [0.2, 0.25) is 0 Å². The summed E-state index contributed by atoms with van der Waals surface area (Å²) in [4.78, 5) is 0. The molecule has 0 aliphatic carbocycles. The first-order valence-corrected chi connectivity index (χ1v) is 36.9. The number of hydrogen-bond acceptors (Lipinski definition) is 8. The Labute approximate surface area is 634 Å². The van der Waals surface area contributed by atoms with Crippen LogP contribution in [-0.4, -0.2) is 36.0 Å². The van der Waals surface area contributed by atoms with Crippen molar-refractivity contribution >= 4 is 0 Å². The van der Waals surface area contributed by atoms with E-state index in [1.807, 2.05) is 77.9 Å². The van der Waals surface area contributed by atoms with Crippen LogP contribution in [0.3, 0.4) is 0 Å². The molecule has 0 bridgehead atoms. The van der Waals surface area contributed by atoms with Crippen LogP contribution >= 0.6 is 0 Å². The topological polar surface area (TPSA) is 95.8 Å². The molecule has 0 radical (unpaired) electrons. The normalized spacial score (nSPS) is 11.5. The number of rotatable bonds is 18. The van der Waals surface area contributed by atoms with Gasteiger partial charge in [-0.3, -0.25) is 0 Å². The second-order valence-corrected chi connectivity index (χ2v) is 33.5. The summed E-state index contributed by atoms with van der Waals surface area (Å²) >= 11 is -0.647. The third kappa shape index (κ3) is 29.4. The first-order valence-electron chi connectivity index (χ1n) is 30.4. The average molecular weight is 1690 g/mol. The van der Waals surface area contributed by atoms with Crippen molar-refractivity contribution in [2.24, 2.45) is 0 Å². The van der Waals surface area contributed by atoms with Crippen LogP contribution in [0.4, 0.5) is 4.39 Å². The van der Waals surface area contributed by atoms with Gasteiger partial charge in [-0.05, 0) is 252 Å². The summed E-state index contributed by atoms with van der Waals surface area (Å²) in [7, 11) is 0. The van der Waals surface area contributed by atoms with Crippen LogP contribution in [-0.2, 0) is 25.7 Å². The van der Waals surface area contributed by atoms with Crippen LogP contribution in [0.1, 0.15) is 130 Å². The Bertz CT molecular complexity index is 3680. The SMILES string of the molecule is CCOC(C)Oc1ccc(O)c(C)c1.CCOC(C)Oc1ccc(Oc2ccc([I+]c3ccc(C(C)(C)C)cc3)c(C)c2)cc1.Cc1cc(F)ccc1[I+]c1ccc(C(C)(C)C)cc1.Cc1cc(Oc2ccc(O)cc2)ccc1[I+]c1ccc(C(C)(C)C)cc1.[Cl-].[Cl-].[Cl-].[H-].[Na+]. The van der Waals surface area contributed by atoms with Crippen molar-refractivity contribution in [2.45, 2.75) is 147 Å². The van der Waals surface area contributed by atoms with E-state index < -0.39 is 0 Å². The number of halogens is 7. The van der Waals surface area contributed by atoms with Crippen LogP contribution in [0.15, 0.2) is 194 Å². The summed E-state index contributed by atoms with van der Waals surface area (Å²) in [6.45, 7) is 37.1. The molecule has 0 saturated carbocycles. The molecule has 0 spiro atoms. The van der Waals surface area contributed by atoms with E-state index in [9.17, 15) is 14.6 Å². The number of ether oxygens (including phenoxy) is 6. The van der Waals surface area contributed by atoms with E-state index in [0.29, 0.717) is 19.0 Å². The third-order valence-corrected chi connectivity index (χ3v) is 23.2. The molecular weight excluding hydrogens is 1590 g/mol. The van der Waals surface area contributed by atoms with Crippen molar-refractivity contribution in [2.75, 3.05) is 13.2 Å². The standard InChI is InChI=1S/C27H32IO3.C23H23IO2.C17H19FI.C11H16O3.3ClH.Na.H/c1-7-29-20(3)30-23-12-14-24(15-13-23)31-25-16-17-26(19(2)18-25)28-22-10-8-21(9-11-22)27(4,5)6;1-16-15-21(26-20-11-9-19(25)10-12-20)13-14-22(16)24-18-7-5-17(6-8-18)23(2,3)4;1-12-11-14(18)7-10-16(12)19-15-8-5-13(6-9-15)17(2,3)4;1-4-13-9(3)14-10-5-6-11(12)8(2)7-10;;;;;/h8-18,20H,7H2,1-6H3;5-15H,1-4H3;5-11H,1-4H3;5-7,9,12H,4H2,1-3H3;3*1H;;/q+1;;+1;;;;;+1;-1/p-2. The largest absolute Gasteiger partial charge is 1.00 e. The molecule has 9 rings (SSSR count). The van der Waals surface area contributed by atoms with Gasteiger partial charge in [-0.15, -0.1) is 0 Å². The van der Waals surface area contributed by atoms with E-state index in [4.69, 9.17) is 28.4 Å². The maximum atomic E-state index is 13.1. The van der Waals surface area contributed by atoms with Gasteiger partial charge in [0.15, 0.2) is 34.0 Å². The van der Waals surface area contributed by atoms with Crippen molar-refractivity contribution in [3.8, 4) is 46.0 Å². The predicted molar refractivity (Wildman–Crippen MR) is 353 cm³/mol. The molecule has 0 aliphatic heterocycles. The zero-order valence-electron chi connectivity index (χ0n) is 58.5. The Balaban J connectivity index is 0.000000645. The van der Waals surface area contributed by atoms with E-state index in [0.717, 1.165) is 39.9 Å². The summed E-state index contributed by atoms with van der Waals surface area (Å²) in [6.07, 6.45) is -0.524. The van der Waals surface area contributed by atoms with Gasteiger partial charge in [0.05, 0.1) is 0 Å². The molecule has 8 nitrogen and oxygen atoms in total. The molecule has 16 heteroatoms. The van der Waals surface area contributed by atoms with E-state index in [2.05, 4.69) is 179 Å². The van der Waals surface area contributed by atoms with Crippen LogP contribution in [0.5, 0.6) is 46.0 Å². The second-order valence-electron chi connectivity index (χ2n) is 24.7. The Morgan fingerprint density at radius 3 is 1.01 bits per heavy atom. The average Bonchev–Trinajstić information content (AvgIpc) is 0.894. The van der Waals surface area contributed by atoms with Gasteiger partial charge in [0.1, 0.15) is 51.8 Å². The summed E-state index contributed by atoms with van der Waals surface area (Å²) < 4.78 is 55.2. The maximum Gasteiger partial charge on any atom is 1.00 e. The number of phenols is 2. The van der Waals surface area contributed by atoms with Gasteiger partial charge in [0, 0.05) is 29.9 Å². The Morgan fingerprint density at radius 1 is 0.383 bits per heavy atom. The van der Waals surface area contributed by atoms with E-state index >= 15 is 0 Å². The molecule has 9 aromatic rings. The molecule has 0 aliphatic rings. The molecule has 94 heavy (non-hydrogen) atoms. The van der Waals surface area contributed by atoms with Gasteiger partial charge < -0.3 is 77.3 Å². The molecule has 9 aromatic carbocycles. The van der Waals surface area contributed by atoms with E-state index in [1.165, 1.54) is 49.2 Å². The first kappa shape index (κ1) is 85.8. The zero-order chi connectivity index (χ0) is 65.8. The number of phenolic OH excluding ortho intramolecular Hbond substituents is 2. The summed E-state index contributed by atoms with van der Waals surface area (Å²) in [5.74, 6) is 5.04. The fourth-order valence-corrected chi connectivity index (χ4v) is 15.7. The van der Waals surface area contributed by atoms with Gasteiger partial charge in [-0.25, -0.2) is 4.39 Å². The minimum absolute atomic E-state index is 0. The minimum Gasteiger partial charge on any atom is -1.00 e. The molecule has 0 aromatic heterocycles. The molecule has 502 valence electrons. The van der Waals surface area contributed by atoms with Crippen LogP contribution in [0.25, 0.3) is 0 Å². The molecule has 0 amide bonds. The Morgan fingerprint density at radius 2 is 0.681 bits per heavy atom. The van der Waals surface area contributed by atoms with Gasteiger partial charge in [-0.1, -0.05) is 98.7 Å². The number of aromatic hydroxyl groups is 2. The van der Waals surface area contributed by atoms with Gasteiger partial charge in [0.25, 0.3) is 0 Å². The van der Waals surface area contributed by atoms with Crippen LogP contribution in [0, 0.1) is 54.9 Å². The van der Waals surface area contributed by atoms with E-state index in [1.54, 1.807) is 54.6 Å². The fourth-order valence-electron chi connectivity index (χ4n) is 8.67. The number of hydrogen-bond donors (Lipinski definition) is 2. The van der Waals surface area contributed by atoms with Gasteiger partial charge in [-0.2, -0.15) is 0 Å². The number of benzene rings is 9. The second kappa shape index (κ2) is 41.2. The number of aryl methyl sites for hydroxylation is 4. The molecule has 0 fully saturated rings. The van der Waals surface area contributed by atoms with E-state index in [-0.39, 0.29) is 178 Å². The summed E-state index contributed by atoms with van der Waals surface area (Å²) in [6, 6.07) is 64.4. The van der Waals surface area contributed by atoms with Crippen molar-refractivity contribution in [3.05, 3.63) is 260 Å².